The van der Waals surface area contributed by atoms with Crippen molar-refractivity contribution >= 4 is 5.91 Å². The monoisotopic (exact) mass is 333 g/mol. The Morgan fingerprint density at radius 3 is 2.42 bits per heavy atom. The quantitative estimate of drug-likeness (QED) is 0.803. The Balaban J connectivity index is 1.62. The second-order valence-electron chi connectivity index (χ2n) is 6.69. The van der Waals surface area contributed by atoms with Crippen LogP contribution in [-0.2, 0) is 16.0 Å². The number of benzene rings is 1. The molecule has 24 heavy (non-hydrogen) atoms. The largest absolute Gasteiger partial charge is 0.497 e. The Bertz CT molecular complexity index is 575. The van der Waals surface area contributed by atoms with Gasteiger partial charge in [-0.2, -0.15) is 0 Å². The highest BCUT2D eigenvalue weighted by atomic mass is 16.5. The van der Waals surface area contributed by atoms with Gasteiger partial charge in [0.15, 0.2) is 0 Å². The van der Waals surface area contributed by atoms with Crippen LogP contribution in [0.25, 0.3) is 0 Å². The Morgan fingerprint density at radius 2 is 1.83 bits per heavy atom. The number of nitrogens with zero attached hydrogens (tertiary/aromatic N) is 1. The van der Waals surface area contributed by atoms with Crippen molar-refractivity contribution in [3.8, 4) is 11.5 Å². The maximum atomic E-state index is 12.8. The van der Waals surface area contributed by atoms with E-state index < -0.39 is 0 Å². The first kappa shape index (κ1) is 17.1. The number of rotatable bonds is 6. The SMILES string of the molecule is COc1ccc(CCC(=O)N2C3CCC2CC(OC)C3)c(OC)c1. The summed E-state index contributed by atoms with van der Waals surface area (Å²) >= 11 is 0. The van der Waals surface area contributed by atoms with Crippen LogP contribution in [0.3, 0.4) is 0 Å². The van der Waals surface area contributed by atoms with Gasteiger partial charge in [0, 0.05) is 31.7 Å². The van der Waals surface area contributed by atoms with Gasteiger partial charge in [-0.1, -0.05) is 6.07 Å². The average molecular weight is 333 g/mol. The van der Waals surface area contributed by atoms with Crippen LogP contribution in [0, 0.1) is 0 Å². The van der Waals surface area contributed by atoms with Gasteiger partial charge in [-0.25, -0.2) is 0 Å². The third kappa shape index (κ3) is 3.36. The minimum Gasteiger partial charge on any atom is -0.497 e. The molecule has 2 atom stereocenters. The van der Waals surface area contributed by atoms with Crippen LogP contribution in [0.5, 0.6) is 11.5 Å². The summed E-state index contributed by atoms with van der Waals surface area (Å²) in [6, 6.07) is 6.48. The lowest BCUT2D eigenvalue weighted by Crippen LogP contribution is -2.48. The Kier molecular flexibility index (Phi) is 5.29. The maximum absolute atomic E-state index is 12.8. The van der Waals surface area contributed by atoms with Crippen molar-refractivity contribution in [1.82, 2.24) is 4.90 Å². The van der Waals surface area contributed by atoms with Gasteiger partial charge in [0.1, 0.15) is 11.5 Å². The summed E-state index contributed by atoms with van der Waals surface area (Å²) in [7, 11) is 5.06. The number of hydrogen-bond acceptors (Lipinski definition) is 4. The Hall–Kier alpha value is -1.75. The van der Waals surface area contributed by atoms with E-state index in [9.17, 15) is 4.79 Å². The van der Waals surface area contributed by atoms with Gasteiger partial charge in [-0.3, -0.25) is 4.79 Å². The highest BCUT2D eigenvalue weighted by Gasteiger charge is 2.42. The van der Waals surface area contributed by atoms with Crippen LogP contribution in [-0.4, -0.2) is 50.3 Å². The van der Waals surface area contributed by atoms with Crippen LogP contribution in [0.15, 0.2) is 18.2 Å². The van der Waals surface area contributed by atoms with Crippen LogP contribution in [0.4, 0.5) is 0 Å². The summed E-state index contributed by atoms with van der Waals surface area (Å²) in [4.78, 5) is 14.9. The molecule has 0 spiro atoms. The third-order valence-corrected chi connectivity index (χ3v) is 5.41. The maximum Gasteiger partial charge on any atom is 0.223 e. The van der Waals surface area contributed by atoms with E-state index in [4.69, 9.17) is 14.2 Å². The molecular formula is C19H27NO4. The molecule has 2 aliphatic heterocycles. The molecule has 2 bridgehead atoms. The number of hydrogen-bond donors (Lipinski definition) is 0. The predicted molar refractivity (Wildman–Crippen MR) is 91.6 cm³/mol. The zero-order valence-electron chi connectivity index (χ0n) is 14.8. The van der Waals surface area contributed by atoms with Gasteiger partial charge in [0.2, 0.25) is 5.91 Å². The van der Waals surface area contributed by atoms with Gasteiger partial charge < -0.3 is 19.1 Å². The lowest BCUT2D eigenvalue weighted by atomic mass is 9.98. The zero-order chi connectivity index (χ0) is 17.1. The molecule has 132 valence electrons. The van der Waals surface area contributed by atoms with Crippen molar-refractivity contribution in [2.75, 3.05) is 21.3 Å². The molecule has 2 unspecified atom stereocenters. The van der Waals surface area contributed by atoms with Crippen molar-refractivity contribution in [2.45, 2.75) is 56.7 Å². The van der Waals surface area contributed by atoms with E-state index in [0.717, 1.165) is 42.7 Å². The number of piperidine rings is 1. The molecular weight excluding hydrogens is 306 g/mol. The molecule has 3 rings (SSSR count). The van der Waals surface area contributed by atoms with Crippen molar-refractivity contribution in [1.29, 1.82) is 0 Å². The molecule has 0 aromatic heterocycles. The Labute approximate surface area is 143 Å². The number of amides is 1. The molecule has 5 nitrogen and oxygen atoms in total. The molecule has 0 saturated carbocycles. The molecule has 0 N–H and O–H groups in total. The second-order valence-corrected chi connectivity index (χ2v) is 6.69. The van der Waals surface area contributed by atoms with Crippen LogP contribution in [0.1, 0.15) is 37.7 Å². The van der Waals surface area contributed by atoms with Crippen molar-refractivity contribution in [3.05, 3.63) is 23.8 Å². The van der Waals surface area contributed by atoms with E-state index in [1.165, 1.54) is 0 Å². The van der Waals surface area contributed by atoms with E-state index in [1.54, 1.807) is 21.3 Å². The van der Waals surface area contributed by atoms with E-state index in [1.807, 2.05) is 18.2 Å². The van der Waals surface area contributed by atoms with Crippen molar-refractivity contribution < 1.29 is 19.0 Å². The predicted octanol–water partition coefficient (Wildman–Crippen LogP) is 2.80. The Morgan fingerprint density at radius 1 is 1.12 bits per heavy atom. The zero-order valence-corrected chi connectivity index (χ0v) is 14.8. The molecule has 2 fully saturated rings. The van der Waals surface area contributed by atoms with E-state index in [0.29, 0.717) is 31.0 Å². The minimum absolute atomic E-state index is 0.259. The van der Waals surface area contributed by atoms with Crippen molar-refractivity contribution in [3.63, 3.8) is 0 Å². The molecule has 0 radical (unpaired) electrons. The van der Waals surface area contributed by atoms with E-state index in [-0.39, 0.29) is 5.91 Å². The first-order chi connectivity index (χ1) is 11.7. The normalized spacial score (nSPS) is 25.6. The van der Waals surface area contributed by atoms with Gasteiger partial charge >= 0.3 is 0 Å². The first-order valence-electron chi connectivity index (χ1n) is 8.71. The fourth-order valence-corrected chi connectivity index (χ4v) is 4.16. The summed E-state index contributed by atoms with van der Waals surface area (Å²) in [5.41, 5.74) is 1.05. The number of aryl methyl sites for hydroxylation is 1. The fraction of sp³-hybridized carbons (Fsp3) is 0.632. The molecule has 0 aliphatic carbocycles. The molecule has 2 heterocycles. The standard InChI is InChI=1S/C19H27NO4/c1-22-16-8-4-13(18(12-16)24-3)5-9-19(21)20-14-6-7-15(20)11-17(10-14)23-2/h4,8,12,14-15,17H,5-7,9-11H2,1-3H3. The summed E-state index contributed by atoms with van der Waals surface area (Å²) in [5.74, 6) is 1.81. The van der Waals surface area contributed by atoms with Gasteiger partial charge in [-0.05, 0) is 43.7 Å². The fourth-order valence-electron chi connectivity index (χ4n) is 4.16. The van der Waals surface area contributed by atoms with Crippen LogP contribution in [0.2, 0.25) is 0 Å². The van der Waals surface area contributed by atoms with Crippen LogP contribution >= 0.6 is 0 Å². The van der Waals surface area contributed by atoms with Crippen LogP contribution < -0.4 is 9.47 Å². The molecule has 5 heteroatoms. The number of methoxy groups -OCH3 is 3. The first-order valence-corrected chi connectivity index (χ1v) is 8.71. The molecule has 2 saturated heterocycles. The summed E-state index contributed by atoms with van der Waals surface area (Å²) in [5, 5.41) is 0. The highest BCUT2D eigenvalue weighted by molar-refractivity contribution is 5.77. The molecule has 1 amide bonds. The van der Waals surface area contributed by atoms with E-state index in [2.05, 4.69) is 4.90 Å². The average Bonchev–Trinajstić information content (AvgIpc) is 2.89. The van der Waals surface area contributed by atoms with Crippen molar-refractivity contribution in [2.24, 2.45) is 0 Å². The highest BCUT2D eigenvalue weighted by Crippen LogP contribution is 2.37. The van der Waals surface area contributed by atoms with Gasteiger partial charge in [0.25, 0.3) is 0 Å². The lowest BCUT2D eigenvalue weighted by molar-refractivity contribution is -0.137. The number of ether oxygens (including phenoxy) is 3. The molecule has 2 aliphatic rings. The minimum atomic E-state index is 0.259. The van der Waals surface area contributed by atoms with Gasteiger partial charge in [0.05, 0.1) is 20.3 Å². The number of carbonyl (C=O) groups excluding carboxylic acids is 1. The van der Waals surface area contributed by atoms with E-state index >= 15 is 0 Å². The lowest BCUT2D eigenvalue weighted by Gasteiger charge is -2.38. The summed E-state index contributed by atoms with van der Waals surface area (Å²) < 4.78 is 16.2. The molecule has 1 aromatic rings. The van der Waals surface area contributed by atoms with Gasteiger partial charge in [-0.15, -0.1) is 0 Å². The smallest absolute Gasteiger partial charge is 0.223 e. The summed E-state index contributed by atoms with van der Waals surface area (Å²) in [6.07, 6.45) is 5.70. The molecule has 1 aromatic carbocycles. The number of fused-ring (bicyclic) bond motifs is 2. The number of carbonyl (C=O) groups is 1. The third-order valence-electron chi connectivity index (χ3n) is 5.41. The topological polar surface area (TPSA) is 48.0 Å². The second kappa shape index (κ2) is 7.43. The summed E-state index contributed by atoms with van der Waals surface area (Å²) in [6.45, 7) is 0.